The van der Waals surface area contributed by atoms with Gasteiger partial charge in [-0.25, -0.2) is 14.8 Å². The van der Waals surface area contributed by atoms with E-state index in [-0.39, 0.29) is 24.4 Å². The van der Waals surface area contributed by atoms with Gasteiger partial charge in [0, 0.05) is 29.3 Å². The number of aromatic nitrogens is 4. The number of benzene rings is 1. The van der Waals surface area contributed by atoms with Gasteiger partial charge in [-0.3, -0.25) is 5.32 Å². The molecular formula is C25H20F3N7O3. The van der Waals surface area contributed by atoms with Crippen molar-refractivity contribution >= 4 is 45.4 Å². The highest BCUT2D eigenvalue weighted by atomic mass is 19.4. The van der Waals surface area contributed by atoms with Gasteiger partial charge in [0.05, 0.1) is 17.3 Å². The Morgan fingerprint density at radius 3 is 2.68 bits per heavy atom. The molecule has 2 amide bonds. The fraction of sp³-hybridized carbons (Fsp3) is 0.280. The highest BCUT2D eigenvalue weighted by molar-refractivity contribution is 6.11. The fourth-order valence-electron chi connectivity index (χ4n) is 4.96. The largest absolute Gasteiger partial charge is 0.462 e. The first-order valence-electron chi connectivity index (χ1n) is 12.0. The third kappa shape index (κ3) is 3.41. The summed E-state index contributed by atoms with van der Waals surface area (Å²) in [6.45, 7) is 0. The third-order valence-corrected chi connectivity index (χ3v) is 7.25. The van der Waals surface area contributed by atoms with Crippen molar-refractivity contribution < 1.29 is 26.9 Å². The minimum Gasteiger partial charge on any atom is -0.462 e. The Hall–Kier alpha value is -4.55. The van der Waals surface area contributed by atoms with Gasteiger partial charge in [-0.2, -0.15) is 13.2 Å². The number of hydrogen-bond donors (Lipinski definition) is 3. The van der Waals surface area contributed by atoms with Crippen LogP contribution in [0.4, 0.5) is 35.3 Å². The molecule has 10 nitrogen and oxygen atoms in total. The van der Waals surface area contributed by atoms with Gasteiger partial charge in [0.25, 0.3) is 0 Å². The minimum atomic E-state index is -4.44. The van der Waals surface area contributed by atoms with Crippen LogP contribution in [0, 0.1) is 0 Å². The second-order valence-corrected chi connectivity index (χ2v) is 9.70. The number of amides is 2. The normalized spacial score (nSPS) is 16.7. The molecule has 2 saturated carbocycles. The molecule has 4 N–H and O–H groups in total. The summed E-state index contributed by atoms with van der Waals surface area (Å²) < 4.78 is 52.8. The van der Waals surface area contributed by atoms with E-state index in [1.165, 1.54) is 12.6 Å². The molecule has 4 heterocycles. The van der Waals surface area contributed by atoms with Crippen molar-refractivity contribution in [3.63, 3.8) is 0 Å². The van der Waals surface area contributed by atoms with E-state index in [2.05, 4.69) is 30.3 Å². The molecule has 0 radical (unpaired) electrons. The summed E-state index contributed by atoms with van der Waals surface area (Å²) in [5.74, 6) is -0.0662. The van der Waals surface area contributed by atoms with Crippen LogP contribution in [0.2, 0.25) is 0 Å². The van der Waals surface area contributed by atoms with Crippen LogP contribution in [0.25, 0.3) is 33.1 Å². The second-order valence-electron chi connectivity index (χ2n) is 9.70. The molecule has 2 aliphatic rings. The zero-order valence-electron chi connectivity index (χ0n) is 19.7. The summed E-state index contributed by atoms with van der Waals surface area (Å²) in [6.07, 6.45) is 2.52. The van der Waals surface area contributed by atoms with Gasteiger partial charge >= 0.3 is 12.2 Å². The molecule has 0 saturated heterocycles. The molecule has 2 aliphatic carbocycles. The smallest absolute Gasteiger partial charge is 0.401 e. The number of furan rings is 1. The summed E-state index contributed by atoms with van der Waals surface area (Å²) in [7, 11) is 0. The molecule has 4 aromatic heterocycles. The number of nitrogens with one attached hydrogen (secondary N) is 2. The zero-order chi connectivity index (χ0) is 26.2. The topological polar surface area (TPSA) is 137 Å². The van der Waals surface area contributed by atoms with Crippen molar-refractivity contribution in [3.05, 3.63) is 48.8 Å². The fourth-order valence-corrected chi connectivity index (χ4v) is 4.96. The Kier molecular flexibility index (Phi) is 4.60. The number of nitrogen functional groups attached to an aromatic ring is 1. The number of anilines is 3. The predicted molar refractivity (Wildman–Crippen MR) is 132 cm³/mol. The van der Waals surface area contributed by atoms with Gasteiger partial charge in [-0.15, -0.1) is 0 Å². The third-order valence-electron chi connectivity index (χ3n) is 7.25. The summed E-state index contributed by atoms with van der Waals surface area (Å²) in [5, 5.41) is 10.1. The van der Waals surface area contributed by atoms with E-state index in [4.69, 9.17) is 14.7 Å². The maximum Gasteiger partial charge on any atom is 0.401 e. The average molecular weight is 523 g/mol. The van der Waals surface area contributed by atoms with Crippen molar-refractivity contribution in [3.8, 4) is 11.1 Å². The highest BCUT2D eigenvalue weighted by Gasteiger charge is 2.66. The number of hydrogen-bond acceptors (Lipinski definition) is 7. The average Bonchev–Trinajstić information content (AvgIpc) is 3.74. The van der Waals surface area contributed by atoms with Gasteiger partial charge in [-0.05, 0) is 43.4 Å². The number of nitrogens with two attached hydrogens (primary N) is 1. The van der Waals surface area contributed by atoms with Gasteiger partial charge in [0.1, 0.15) is 23.2 Å². The van der Waals surface area contributed by atoms with Crippen LogP contribution in [0.3, 0.4) is 0 Å². The molecule has 0 atom stereocenters. The molecule has 0 aliphatic heterocycles. The van der Waals surface area contributed by atoms with Crippen LogP contribution in [0.5, 0.6) is 0 Å². The molecule has 0 spiro atoms. The first kappa shape index (κ1) is 22.6. The van der Waals surface area contributed by atoms with Crippen LogP contribution >= 0.6 is 0 Å². The Morgan fingerprint density at radius 2 is 1.95 bits per heavy atom. The van der Waals surface area contributed by atoms with Gasteiger partial charge in [0.2, 0.25) is 0 Å². The van der Waals surface area contributed by atoms with Crippen molar-refractivity contribution in [2.45, 2.75) is 43.3 Å². The number of alkyl halides is 3. The number of carbonyl (C=O) groups is 1. The van der Waals surface area contributed by atoms with Crippen molar-refractivity contribution in [1.82, 2.24) is 19.7 Å². The van der Waals surface area contributed by atoms with Crippen molar-refractivity contribution in [2.24, 2.45) is 0 Å². The summed E-state index contributed by atoms with van der Waals surface area (Å²) >= 11 is 0. The van der Waals surface area contributed by atoms with E-state index in [1.54, 1.807) is 12.1 Å². The molecule has 0 unspecified atom stereocenters. The van der Waals surface area contributed by atoms with E-state index in [9.17, 15) is 18.0 Å². The molecule has 38 heavy (non-hydrogen) atoms. The van der Waals surface area contributed by atoms with E-state index in [0.29, 0.717) is 23.1 Å². The van der Waals surface area contributed by atoms with Crippen molar-refractivity contribution in [1.29, 1.82) is 0 Å². The Bertz CT molecular complexity index is 1730. The van der Waals surface area contributed by atoms with Crippen LogP contribution in [-0.4, -0.2) is 31.9 Å². The molecule has 2 fully saturated rings. The number of carbonyl (C=O) groups excluding carboxylic acids is 1. The lowest BCUT2D eigenvalue weighted by molar-refractivity contribution is -0.165. The first-order valence-corrected chi connectivity index (χ1v) is 12.0. The van der Waals surface area contributed by atoms with E-state index in [1.807, 2.05) is 12.3 Å². The maximum atomic E-state index is 13.4. The second kappa shape index (κ2) is 7.73. The lowest BCUT2D eigenvalue weighted by atomic mass is 10.0. The van der Waals surface area contributed by atoms with E-state index < -0.39 is 17.6 Å². The summed E-state index contributed by atoms with van der Waals surface area (Å²) in [6, 6.07) is 6.05. The molecule has 194 valence electrons. The minimum absolute atomic E-state index is 0.0722. The molecule has 0 bridgehead atoms. The number of rotatable bonds is 5. The van der Waals surface area contributed by atoms with Gasteiger partial charge < -0.3 is 24.6 Å². The van der Waals surface area contributed by atoms with Crippen LogP contribution in [-0.2, 0) is 5.41 Å². The Morgan fingerprint density at radius 1 is 1.13 bits per heavy atom. The maximum absolute atomic E-state index is 13.4. The summed E-state index contributed by atoms with van der Waals surface area (Å²) in [5.41, 5.74) is 7.43. The SMILES string of the molecule is Nc1ncnc2c1c(-c1ccc(NC(=O)Nc3cc(C4(C(F)(F)F)CC4)on3)c3occc13)cn2C1CC1. The number of nitrogens with zero attached hydrogens (tertiary/aromatic N) is 4. The van der Waals surface area contributed by atoms with E-state index in [0.717, 1.165) is 46.5 Å². The number of fused-ring (bicyclic) bond motifs is 2. The first-order chi connectivity index (χ1) is 18.2. The molecule has 5 aromatic rings. The zero-order valence-corrected chi connectivity index (χ0v) is 19.7. The summed E-state index contributed by atoms with van der Waals surface area (Å²) in [4.78, 5) is 21.3. The van der Waals surface area contributed by atoms with Crippen molar-refractivity contribution in [2.75, 3.05) is 16.4 Å². The van der Waals surface area contributed by atoms with Gasteiger partial charge in [-0.1, -0.05) is 11.2 Å². The predicted octanol–water partition coefficient (Wildman–Crippen LogP) is 5.99. The van der Waals surface area contributed by atoms with Gasteiger partial charge in [0.15, 0.2) is 17.2 Å². The van der Waals surface area contributed by atoms with Crippen LogP contribution in [0.1, 0.15) is 37.5 Å². The quantitative estimate of drug-likeness (QED) is 0.257. The lowest BCUT2D eigenvalue weighted by Crippen LogP contribution is -2.28. The number of urea groups is 1. The molecule has 1 aromatic carbocycles. The van der Waals surface area contributed by atoms with Crippen LogP contribution in [0.15, 0.2) is 52.0 Å². The Labute approximate surface area is 212 Å². The van der Waals surface area contributed by atoms with Crippen LogP contribution < -0.4 is 16.4 Å². The molecular weight excluding hydrogens is 503 g/mol. The Balaban J connectivity index is 1.18. The molecule has 13 heteroatoms. The monoisotopic (exact) mass is 523 g/mol. The lowest BCUT2D eigenvalue weighted by Gasteiger charge is -2.15. The molecule has 7 rings (SSSR count). The van der Waals surface area contributed by atoms with E-state index >= 15 is 0 Å². The highest BCUT2D eigenvalue weighted by Crippen LogP contribution is 2.59. The standard InChI is InChI=1S/C25H20F3N7O3/c26-25(27,28)24(6-7-24)17-9-18(34-38-17)33-23(36)32-16-4-3-13(14-5-8-37-20(14)16)15-10-35(12-1-2-12)22-19(15)21(29)30-11-31-22/h3-5,8-12H,1-2,6-7H2,(H2,29,30,31)(H2,32,33,34,36). The number of halogens is 3.